The number of carbonyl (C=O) groups excluding carboxylic acids is 1. The molecule has 2 N–H and O–H groups in total. The maximum Gasteiger partial charge on any atom is 0.218 e. The summed E-state index contributed by atoms with van der Waals surface area (Å²) in [5.74, 6) is 0.369. The van der Waals surface area contributed by atoms with E-state index in [2.05, 4.69) is 10.2 Å². The monoisotopic (exact) mass is 372 g/mol. The van der Waals surface area contributed by atoms with Crippen molar-refractivity contribution >= 4 is 17.7 Å². The second kappa shape index (κ2) is 8.48. The Balaban J connectivity index is 1.83. The Hall–Kier alpha value is -2.87. The SMILES string of the molecule is NC(=O)CCSc1nnc(COc2ccccc2F)n1-c1ccccc1. The number of hydrogen-bond acceptors (Lipinski definition) is 5. The summed E-state index contributed by atoms with van der Waals surface area (Å²) >= 11 is 1.37. The molecule has 0 fully saturated rings. The Kier molecular flexibility index (Phi) is 5.85. The molecule has 6 nitrogen and oxygen atoms in total. The summed E-state index contributed by atoms with van der Waals surface area (Å²) in [5.41, 5.74) is 6.04. The lowest BCUT2D eigenvalue weighted by Gasteiger charge is -2.11. The van der Waals surface area contributed by atoms with Crippen LogP contribution in [-0.4, -0.2) is 26.4 Å². The van der Waals surface area contributed by atoms with Gasteiger partial charge in [0.25, 0.3) is 0 Å². The molecule has 0 bridgehead atoms. The van der Waals surface area contributed by atoms with Crippen LogP contribution in [0.25, 0.3) is 5.69 Å². The first-order valence-corrected chi connectivity index (χ1v) is 8.92. The number of nitrogens with two attached hydrogens (primary N) is 1. The van der Waals surface area contributed by atoms with Gasteiger partial charge in [-0.25, -0.2) is 4.39 Å². The van der Waals surface area contributed by atoms with Gasteiger partial charge in [0.1, 0.15) is 6.61 Å². The number of aromatic nitrogens is 3. The van der Waals surface area contributed by atoms with Crippen molar-refractivity contribution in [2.45, 2.75) is 18.2 Å². The number of para-hydroxylation sites is 2. The van der Waals surface area contributed by atoms with Gasteiger partial charge in [0.2, 0.25) is 5.91 Å². The Morgan fingerprint density at radius 3 is 2.58 bits per heavy atom. The first-order chi connectivity index (χ1) is 12.6. The molecule has 0 saturated heterocycles. The van der Waals surface area contributed by atoms with Gasteiger partial charge in [-0.2, -0.15) is 0 Å². The molecule has 0 atom stereocenters. The van der Waals surface area contributed by atoms with E-state index in [4.69, 9.17) is 10.5 Å². The summed E-state index contributed by atoms with van der Waals surface area (Å²) < 4.78 is 21.1. The molecule has 0 aliphatic heterocycles. The average molecular weight is 372 g/mol. The average Bonchev–Trinajstić information content (AvgIpc) is 3.04. The third-order valence-electron chi connectivity index (χ3n) is 3.49. The molecule has 1 heterocycles. The highest BCUT2D eigenvalue weighted by atomic mass is 32.2. The number of primary amides is 1. The van der Waals surface area contributed by atoms with Crippen LogP contribution in [0.1, 0.15) is 12.2 Å². The minimum Gasteiger partial charge on any atom is -0.483 e. The van der Waals surface area contributed by atoms with Gasteiger partial charge in [-0.05, 0) is 24.3 Å². The molecule has 0 radical (unpaired) electrons. The second-order valence-electron chi connectivity index (χ2n) is 5.35. The molecule has 1 amide bonds. The van der Waals surface area contributed by atoms with Crippen molar-refractivity contribution in [3.05, 3.63) is 66.2 Å². The first-order valence-electron chi connectivity index (χ1n) is 7.93. The number of carbonyl (C=O) groups is 1. The number of halogens is 1. The molecule has 1 aromatic heterocycles. The molecule has 0 unspecified atom stereocenters. The van der Waals surface area contributed by atoms with Gasteiger partial charge in [0, 0.05) is 17.9 Å². The van der Waals surface area contributed by atoms with E-state index < -0.39 is 5.82 Å². The summed E-state index contributed by atoms with van der Waals surface area (Å²) in [6.45, 7) is 0.0548. The standard InChI is InChI=1S/C18H17FN4O2S/c19-14-8-4-5-9-15(14)25-12-17-21-22-18(26-11-10-16(20)24)23(17)13-6-2-1-3-7-13/h1-9H,10-12H2,(H2,20,24). The number of hydrogen-bond donors (Lipinski definition) is 1. The van der Waals surface area contributed by atoms with Gasteiger partial charge < -0.3 is 10.5 Å². The molecule has 8 heteroatoms. The van der Waals surface area contributed by atoms with Gasteiger partial charge in [-0.15, -0.1) is 10.2 Å². The number of amides is 1. The molecular formula is C18H17FN4O2S. The zero-order valence-electron chi connectivity index (χ0n) is 13.8. The second-order valence-corrected chi connectivity index (χ2v) is 6.42. The Morgan fingerprint density at radius 2 is 1.85 bits per heavy atom. The van der Waals surface area contributed by atoms with Crippen molar-refractivity contribution in [1.29, 1.82) is 0 Å². The van der Waals surface area contributed by atoms with Gasteiger partial charge >= 0.3 is 0 Å². The zero-order chi connectivity index (χ0) is 18.4. The highest BCUT2D eigenvalue weighted by Gasteiger charge is 2.16. The van der Waals surface area contributed by atoms with E-state index in [-0.39, 0.29) is 24.7 Å². The lowest BCUT2D eigenvalue weighted by atomic mass is 10.3. The summed E-state index contributed by atoms with van der Waals surface area (Å²) in [7, 11) is 0. The summed E-state index contributed by atoms with van der Waals surface area (Å²) in [6.07, 6.45) is 0.243. The fraction of sp³-hybridized carbons (Fsp3) is 0.167. The molecule has 0 saturated carbocycles. The lowest BCUT2D eigenvalue weighted by molar-refractivity contribution is -0.117. The molecule has 0 aliphatic carbocycles. The van der Waals surface area contributed by atoms with Gasteiger partial charge in [0.15, 0.2) is 22.5 Å². The van der Waals surface area contributed by atoms with Crippen LogP contribution in [0.2, 0.25) is 0 Å². The van der Waals surface area contributed by atoms with Crippen molar-refractivity contribution in [3.63, 3.8) is 0 Å². The van der Waals surface area contributed by atoms with Crippen LogP contribution >= 0.6 is 11.8 Å². The van der Waals surface area contributed by atoms with Crippen molar-refractivity contribution in [2.24, 2.45) is 5.73 Å². The molecular weight excluding hydrogens is 355 g/mol. The summed E-state index contributed by atoms with van der Waals surface area (Å²) in [5, 5.41) is 8.95. The number of ether oxygens (including phenoxy) is 1. The van der Waals surface area contributed by atoms with Gasteiger partial charge in [0.05, 0.1) is 0 Å². The largest absolute Gasteiger partial charge is 0.483 e. The smallest absolute Gasteiger partial charge is 0.218 e. The van der Waals surface area contributed by atoms with E-state index in [1.807, 2.05) is 34.9 Å². The van der Waals surface area contributed by atoms with Gasteiger partial charge in [-0.1, -0.05) is 42.1 Å². The van der Waals surface area contributed by atoms with Crippen LogP contribution < -0.4 is 10.5 Å². The van der Waals surface area contributed by atoms with Crippen molar-refractivity contribution in [1.82, 2.24) is 14.8 Å². The maximum absolute atomic E-state index is 13.7. The van der Waals surface area contributed by atoms with E-state index in [1.165, 1.54) is 17.8 Å². The van der Waals surface area contributed by atoms with Crippen LogP contribution in [0, 0.1) is 5.82 Å². The van der Waals surface area contributed by atoms with Crippen LogP contribution in [0.4, 0.5) is 4.39 Å². The highest BCUT2D eigenvalue weighted by Crippen LogP contribution is 2.24. The van der Waals surface area contributed by atoms with E-state index in [0.717, 1.165) is 5.69 Å². The van der Waals surface area contributed by atoms with E-state index in [1.54, 1.807) is 18.2 Å². The quantitative estimate of drug-likeness (QED) is 0.615. The zero-order valence-corrected chi connectivity index (χ0v) is 14.7. The fourth-order valence-electron chi connectivity index (χ4n) is 2.27. The normalized spacial score (nSPS) is 10.7. The number of benzene rings is 2. The summed E-state index contributed by atoms with van der Waals surface area (Å²) in [4.78, 5) is 11.0. The fourth-order valence-corrected chi connectivity index (χ4v) is 3.19. The highest BCUT2D eigenvalue weighted by molar-refractivity contribution is 7.99. The van der Waals surface area contributed by atoms with E-state index in [0.29, 0.717) is 16.7 Å². The Morgan fingerprint density at radius 1 is 1.12 bits per heavy atom. The van der Waals surface area contributed by atoms with Crippen LogP contribution in [0.15, 0.2) is 59.8 Å². The third kappa shape index (κ3) is 4.40. The number of nitrogens with zero attached hydrogens (tertiary/aromatic N) is 3. The molecule has 2 aromatic carbocycles. The third-order valence-corrected chi connectivity index (χ3v) is 4.42. The van der Waals surface area contributed by atoms with Crippen LogP contribution in [0.5, 0.6) is 5.75 Å². The molecule has 3 rings (SSSR count). The van der Waals surface area contributed by atoms with Crippen LogP contribution in [-0.2, 0) is 11.4 Å². The van der Waals surface area contributed by atoms with Crippen molar-refractivity contribution in [3.8, 4) is 11.4 Å². The molecule has 134 valence electrons. The molecule has 26 heavy (non-hydrogen) atoms. The lowest BCUT2D eigenvalue weighted by Crippen LogP contribution is -2.11. The maximum atomic E-state index is 13.7. The minimum atomic E-state index is -0.436. The summed E-state index contributed by atoms with van der Waals surface area (Å²) in [6, 6.07) is 15.7. The van der Waals surface area contributed by atoms with Gasteiger partial charge in [-0.3, -0.25) is 9.36 Å². The number of thioether (sulfide) groups is 1. The minimum absolute atomic E-state index is 0.0548. The first kappa shape index (κ1) is 17.9. The number of rotatable bonds is 8. The van der Waals surface area contributed by atoms with Crippen molar-refractivity contribution in [2.75, 3.05) is 5.75 Å². The molecule has 0 aliphatic rings. The Labute approximate surface area is 154 Å². The van der Waals surface area contributed by atoms with E-state index >= 15 is 0 Å². The Bertz CT molecular complexity index is 886. The molecule has 0 spiro atoms. The predicted molar refractivity (Wildman–Crippen MR) is 96.6 cm³/mol. The van der Waals surface area contributed by atoms with E-state index in [9.17, 15) is 9.18 Å². The predicted octanol–water partition coefficient (Wildman–Crippen LogP) is 2.95. The van der Waals surface area contributed by atoms with Crippen LogP contribution in [0.3, 0.4) is 0 Å². The van der Waals surface area contributed by atoms with Crippen molar-refractivity contribution < 1.29 is 13.9 Å². The topological polar surface area (TPSA) is 83.0 Å². The molecule has 3 aromatic rings.